The first-order valence-corrected chi connectivity index (χ1v) is 10.9. The van der Waals surface area contributed by atoms with Crippen LogP contribution in [0, 0.1) is 10.1 Å². The number of thioether (sulfide) groups is 2. The Kier molecular flexibility index (Phi) is 7.44. The normalized spacial score (nSPS) is 13.9. The lowest BCUT2D eigenvalue weighted by atomic mass is 10.2. The first kappa shape index (κ1) is 20.3. The van der Waals surface area contributed by atoms with E-state index in [-0.39, 0.29) is 18.2 Å². The SMILES string of the molecule is O=C(COc1ccc(C2SCCS2)cc1)NCCNc1ccccc1[N+](=O)[O-]. The number of nitro benzene ring substituents is 1. The molecular formula is C19H21N3O4S2. The molecule has 1 saturated heterocycles. The second kappa shape index (κ2) is 10.2. The third-order valence-electron chi connectivity index (χ3n) is 4.01. The summed E-state index contributed by atoms with van der Waals surface area (Å²) >= 11 is 3.89. The van der Waals surface area contributed by atoms with E-state index in [1.54, 1.807) is 18.2 Å². The molecule has 0 saturated carbocycles. The first-order chi connectivity index (χ1) is 13.6. The van der Waals surface area contributed by atoms with Gasteiger partial charge in [0.15, 0.2) is 6.61 Å². The van der Waals surface area contributed by atoms with Crippen molar-refractivity contribution in [3.8, 4) is 5.75 Å². The average molecular weight is 420 g/mol. The van der Waals surface area contributed by atoms with Crippen molar-refractivity contribution in [1.29, 1.82) is 0 Å². The number of amides is 1. The van der Waals surface area contributed by atoms with Crippen LogP contribution in [-0.2, 0) is 4.79 Å². The van der Waals surface area contributed by atoms with Gasteiger partial charge in [0.05, 0.1) is 9.51 Å². The highest BCUT2D eigenvalue weighted by Gasteiger charge is 2.18. The van der Waals surface area contributed by atoms with Crippen LogP contribution in [0.15, 0.2) is 48.5 Å². The summed E-state index contributed by atoms with van der Waals surface area (Å²) in [5.74, 6) is 2.78. The van der Waals surface area contributed by atoms with Gasteiger partial charge in [-0.25, -0.2) is 0 Å². The van der Waals surface area contributed by atoms with E-state index in [1.807, 2.05) is 47.8 Å². The van der Waals surface area contributed by atoms with Crippen LogP contribution in [0.3, 0.4) is 0 Å². The standard InChI is InChI=1S/C19H21N3O4S2/c23-18(21-10-9-20-16-3-1-2-4-17(16)22(24)25)13-26-15-7-5-14(6-8-15)19-27-11-12-28-19/h1-8,19-20H,9-13H2,(H,21,23). The maximum Gasteiger partial charge on any atom is 0.292 e. The summed E-state index contributed by atoms with van der Waals surface area (Å²) < 4.78 is 6.01. The van der Waals surface area contributed by atoms with E-state index >= 15 is 0 Å². The number of para-hydroxylation sites is 2. The summed E-state index contributed by atoms with van der Waals surface area (Å²) in [5.41, 5.74) is 1.71. The van der Waals surface area contributed by atoms with E-state index < -0.39 is 4.92 Å². The fourth-order valence-electron chi connectivity index (χ4n) is 2.65. The molecule has 1 aliphatic heterocycles. The van der Waals surface area contributed by atoms with Gasteiger partial charge in [-0.3, -0.25) is 14.9 Å². The lowest BCUT2D eigenvalue weighted by molar-refractivity contribution is -0.384. The molecule has 1 amide bonds. The van der Waals surface area contributed by atoms with Crippen molar-refractivity contribution in [2.75, 3.05) is 36.5 Å². The molecule has 0 atom stereocenters. The van der Waals surface area contributed by atoms with Gasteiger partial charge < -0.3 is 15.4 Å². The predicted molar refractivity (Wildman–Crippen MR) is 114 cm³/mol. The Morgan fingerprint density at radius 3 is 2.54 bits per heavy atom. The van der Waals surface area contributed by atoms with Crippen LogP contribution in [0.4, 0.5) is 11.4 Å². The van der Waals surface area contributed by atoms with Crippen LogP contribution >= 0.6 is 23.5 Å². The lowest BCUT2D eigenvalue weighted by Gasteiger charge is -2.11. The number of rotatable bonds is 9. The van der Waals surface area contributed by atoms with Crippen LogP contribution in [0.1, 0.15) is 10.1 Å². The average Bonchev–Trinajstić information content (AvgIpc) is 3.25. The topological polar surface area (TPSA) is 93.5 Å². The maximum absolute atomic E-state index is 11.9. The van der Waals surface area contributed by atoms with Gasteiger partial charge in [0.2, 0.25) is 0 Å². The van der Waals surface area contributed by atoms with Gasteiger partial charge in [-0.15, -0.1) is 23.5 Å². The summed E-state index contributed by atoms with van der Waals surface area (Å²) in [4.78, 5) is 22.4. The highest BCUT2D eigenvalue weighted by Crippen LogP contribution is 2.45. The van der Waals surface area contributed by atoms with E-state index in [1.165, 1.54) is 23.1 Å². The molecule has 0 bridgehead atoms. The fraction of sp³-hybridized carbons (Fsp3) is 0.316. The molecule has 1 aliphatic rings. The summed E-state index contributed by atoms with van der Waals surface area (Å²) in [7, 11) is 0. The minimum atomic E-state index is -0.440. The Morgan fingerprint density at radius 1 is 1.11 bits per heavy atom. The molecular weight excluding hydrogens is 398 g/mol. The maximum atomic E-state index is 11.9. The molecule has 28 heavy (non-hydrogen) atoms. The summed E-state index contributed by atoms with van der Waals surface area (Å²) in [6.07, 6.45) is 0. The molecule has 2 N–H and O–H groups in total. The molecule has 0 unspecified atom stereocenters. The highest BCUT2D eigenvalue weighted by atomic mass is 32.2. The van der Waals surface area contributed by atoms with Crippen LogP contribution in [0.2, 0.25) is 0 Å². The van der Waals surface area contributed by atoms with Crippen molar-refractivity contribution < 1.29 is 14.5 Å². The van der Waals surface area contributed by atoms with E-state index in [0.29, 0.717) is 29.1 Å². The summed E-state index contributed by atoms with van der Waals surface area (Å²) in [6, 6.07) is 14.3. The Hall–Kier alpha value is -2.39. The molecule has 0 aliphatic carbocycles. The zero-order chi connectivity index (χ0) is 19.8. The monoisotopic (exact) mass is 419 g/mol. The first-order valence-electron chi connectivity index (χ1n) is 8.83. The summed E-state index contributed by atoms with van der Waals surface area (Å²) in [6.45, 7) is 0.642. The molecule has 2 aromatic rings. The Balaban J connectivity index is 1.36. The minimum absolute atomic E-state index is 0.00927. The van der Waals surface area contributed by atoms with Gasteiger partial charge in [0.25, 0.3) is 11.6 Å². The number of anilines is 1. The predicted octanol–water partition coefficient (Wildman–Crippen LogP) is 3.68. The molecule has 1 fully saturated rings. The number of hydrogen-bond acceptors (Lipinski definition) is 7. The number of benzene rings is 2. The van der Waals surface area contributed by atoms with Crippen molar-refractivity contribution in [3.05, 3.63) is 64.2 Å². The Bertz CT molecular complexity index is 811. The van der Waals surface area contributed by atoms with E-state index in [9.17, 15) is 14.9 Å². The summed E-state index contributed by atoms with van der Waals surface area (Å²) in [5, 5.41) is 16.6. The van der Waals surface area contributed by atoms with E-state index in [2.05, 4.69) is 10.6 Å². The Morgan fingerprint density at radius 2 is 1.82 bits per heavy atom. The van der Waals surface area contributed by atoms with Crippen molar-refractivity contribution >= 4 is 40.8 Å². The number of hydrogen-bond donors (Lipinski definition) is 2. The van der Waals surface area contributed by atoms with Crippen LogP contribution in [0.25, 0.3) is 0 Å². The largest absolute Gasteiger partial charge is 0.484 e. The minimum Gasteiger partial charge on any atom is -0.484 e. The fourth-order valence-corrected chi connectivity index (χ4v) is 5.51. The van der Waals surface area contributed by atoms with Crippen molar-refractivity contribution in [3.63, 3.8) is 0 Å². The zero-order valence-corrected chi connectivity index (χ0v) is 16.8. The number of nitrogens with zero attached hydrogens (tertiary/aromatic N) is 1. The Labute approximate surface area is 171 Å². The van der Waals surface area contributed by atoms with Crippen molar-refractivity contribution in [2.24, 2.45) is 0 Å². The molecule has 9 heteroatoms. The molecule has 0 aromatic heterocycles. The molecule has 1 heterocycles. The number of ether oxygens (including phenoxy) is 1. The number of carbonyl (C=O) groups excluding carboxylic acids is 1. The van der Waals surface area contributed by atoms with Crippen LogP contribution in [0.5, 0.6) is 5.75 Å². The van der Waals surface area contributed by atoms with Crippen molar-refractivity contribution in [1.82, 2.24) is 5.32 Å². The lowest BCUT2D eigenvalue weighted by Crippen LogP contribution is -2.32. The van der Waals surface area contributed by atoms with Crippen molar-refractivity contribution in [2.45, 2.75) is 4.58 Å². The molecule has 3 rings (SSSR count). The smallest absolute Gasteiger partial charge is 0.292 e. The third-order valence-corrected chi connectivity index (χ3v) is 7.11. The molecule has 0 radical (unpaired) electrons. The second-order valence-electron chi connectivity index (χ2n) is 5.98. The molecule has 7 nitrogen and oxygen atoms in total. The zero-order valence-electron chi connectivity index (χ0n) is 15.1. The van der Waals surface area contributed by atoms with Gasteiger partial charge in [-0.2, -0.15) is 0 Å². The van der Waals surface area contributed by atoms with Gasteiger partial charge in [0.1, 0.15) is 11.4 Å². The van der Waals surface area contributed by atoms with E-state index in [4.69, 9.17) is 4.74 Å². The van der Waals surface area contributed by atoms with Gasteiger partial charge in [-0.1, -0.05) is 24.3 Å². The number of nitrogens with one attached hydrogen (secondary N) is 2. The quantitative estimate of drug-likeness (QED) is 0.364. The van der Waals surface area contributed by atoms with Gasteiger partial charge in [0, 0.05) is 30.7 Å². The second-order valence-corrected chi connectivity index (χ2v) is 8.71. The van der Waals surface area contributed by atoms with Crippen LogP contribution in [-0.4, -0.2) is 42.0 Å². The molecule has 148 valence electrons. The van der Waals surface area contributed by atoms with Gasteiger partial charge >= 0.3 is 0 Å². The van der Waals surface area contributed by atoms with E-state index in [0.717, 1.165) is 0 Å². The number of nitro groups is 1. The molecule has 0 spiro atoms. The van der Waals surface area contributed by atoms with Gasteiger partial charge in [-0.05, 0) is 23.8 Å². The number of carbonyl (C=O) groups is 1. The third kappa shape index (κ3) is 5.80. The highest BCUT2D eigenvalue weighted by molar-refractivity contribution is 8.19. The molecule has 2 aromatic carbocycles. The van der Waals surface area contributed by atoms with Crippen LogP contribution < -0.4 is 15.4 Å².